The summed E-state index contributed by atoms with van der Waals surface area (Å²) in [6.07, 6.45) is 0. The summed E-state index contributed by atoms with van der Waals surface area (Å²) in [5.41, 5.74) is 1.45. The van der Waals surface area contributed by atoms with E-state index >= 15 is 0 Å². The van der Waals surface area contributed by atoms with Crippen LogP contribution in [0.1, 0.15) is 12.5 Å². The highest BCUT2D eigenvalue weighted by Crippen LogP contribution is 2.27. The molecular weight excluding hydrogens is 308 g/mol. The Bertz CT molecular complexity index is 682. The van der Waals surface area contributed by atoms with Crippen molar-refractivity contribution in [3.05, 3.63) is 40.6 Å². The monoisotopic (exact) mass is 326 g/mol. The van der Waals surface area contributed by atoms with E-state index in [9.17, 15) is 8.42 Å². The fraction of sp³-hybridized carbons (Fsp3) is 0.286. The molecule has 0 aliphatic carbocycles. The third-order valence-electron chi connectivity index (χ3n) is 2.87. The topological polar surface area (TPSA) is 67.4 Å². The van der Waals surface area contributed by atoms with Crippen molar-refractivity contribution in [1.29, 1.82) is 0 Å². The predicted molar refractivity (Wildman–Crippen MR) is 85.5 cm³/mol. The first kappa shape index (κ1) is 15.8. The van der Waals surface area contributed by atoms with Crippen LogP contribution < -0.4 is 14.8 Å². The third-order valence-corrected chi connectivity index (χ3v) is 4.96. The van der Waals surface area contributed by atoms with E-state index in [0.29, 0.717) is 18.0 Å². The van der Waals surface area contributed by atoms with Crippen LogP contribution in [0.4, 0.5) is 5.69 Å². The van der Waals surface area contributed by atoms with Crippen molar-refractivity contribution in [2.24, 2.45) is 0 Å². The predicted octanol–water partition coefficient (Wildman–Crippen LogP) is 2.67. The number of thiophene rings is 1. The van der Waals surface area contributed by atoms with Gasteiger partial charge in [-0.25, -0.2) is 8.42 Å². The maximum atomic E-state index is 12.5. The second-order valence-corrected chi connectivity index (χ2v) is 6.81. The van der Waals surface area contributed by atoms with E-state index in [0.717, 1.165) is 12.1 Å². The number of rotatable bonds is 7. The van der Waals surface area contributed by atoms with Crippen LogP contribution in [0, 0.1) is 0 Å². The fourth-order valence-corrected chi connectivity index (χ4v) is 3.78. The van der Waals surface area contributed by atoms with Gasteiger partial charge in [-0.3, -0.25) is 4.72 Å². The van der Waals surface area contributed by atoms with Gasteiger partial charge in [0.2, 0.25) is 0 Å². The molecule has 0 unspecified atom stereocenters. The molecule has 0 amide bonds. The molecule has 0 fully saturated rings. The maximum Gasteiger partial charge on any atom is 0.265 e. The summed E-state index contributed by atoms with van der Waals surface area (Å²) in [7, 11) is -2.21. The molecule has 0 bridgehead atoms. The van der Waals surface area contributed by atoms with Gasteiger partial charge in [0.1, 0.15) is 10.6 Å². The van der Waals surface area contributed by atoms with Crippen LogP contribution in [-0.2, 0) is 16.6 Å². The van der Waals surface area contributed by atoms with E-state index in [1.54, 1.807) is 23.6 Å². The van der Waals surface area contributed by atoms with E-state index < -0.39 is 10.0 Å². The molecule has 1 heterocycles. The van der Waals surface area contributed by atoms with Crippen molar-refractivity contribution in [2.45, 2.75) is 18.4 Å². The average Bonchev–Trinajstić information content (AvgIpc) is 2.97. The minimum absolute atomic E-state index is 0.145. The second-order valence-electron chi connectivity index (χ2n) is 4.38. The van der Waals surface area contributed by atoms with Gasteiger partial charge in [0, 0.05) is 11.9 Å². The lowest BCUT2D eigenvalue weighted by Gasteiger charge is -2.12. The van der Waals surface area contributed by atoms with Crippen LogP contribution in [0.5, 0.6) is 5.75 Å². The van der Waals surface area contributed by atoms with E-state index in [1.807, 2.05) is 18.4 Å². The first-order chi connectivity index (χ1) is 10.1. The number of nitrogens with one attached hydrogen (secondary N) is 2. The Hall–Kier alpha value is -1.57. The zero-order valence-corrected chi connectivity index (χ0v) is 13.6. The summed E-state index contributed by atoms with van der Waals surface area (Å²) >= 11 is 1.43. The van der Waals surface area contributed by atoms with Crippen molar-refractivity contribution in [3.63, 3.8) is 0 Å². The Labute approximate surface area is 129 Å². The van der Waals surface area contributed by atoms with Crippen LogP contribution >= 0.6 is 11.3 Å². The fourth-order valence-electron chi connectivity index (χ4n) is 1.84. The van der Waals surface area contributed by atoms with Crippen LogP contribution in [0.3, 0.4) is 0 Å². The van der Waals surface area contributed by atoms with Crippen LogP contribution in [0.15, 0.2) is 39.9 Å². The van der Waals surface area contributed by atoms with E-state index in [2.05, 4.69) is 10.0 Å². The lowest BCUT2D eigenvalue weighted by Crippen LogP contribution is -2.16. The first-order valence-electron chi connectivity index (χ1n) is 6.49. The summed E-state index contributed by atoms with van der Waals surface area (Å²) in [6.45, 7) is 3.43. The highest BCUT2D eigenvalue weighted by molar-refractivity contribution is 7.92. The zero-order chi connectivity index (χ0) is 15.3. The highest BCUT2D eigenvalue weighted by Gasteiger charge is 2.20. The molecule has 0 aliphatic rings. The molecule has 5 nitrogen and oxygen atoms in total. The van der Waals surface area contributed by atoms with Gasteiger partial charge in [0.15, 0.2) is 0 Å². The molecule has 0 radical (unpaired) electrons. The second kappa shape index (κ2) is 6.93. The molecule has 21 heavy (non-hydrogen) atoms. The molecule has 0 atom stereocenters. The van der Waals surface area contributed by atoms with E-state index in [1.165, 1.54) is 18.4 Å². The summed E-state index contributed by atoms with van der Waals surface area (Å²) in [5, 5.41) is 6.73. The maximum absolute atomic E-state index is 12.5. The molecule has 114 valence electrons. The molecule has 0 spiro atoms. The van der Waals surface area contributed by atoms with Gasteiger partial charge in [-0.1, -0.05) is 13.0 Å². The summed E-state index contributed by atoms with van der Waals surface area (Å²) < 4.78 is 32.7. The van der Waals surface area contributed by atoms with E-state index in [4.69, 9.17) is 4.74 Å². The van der Waals surface area contributed by atoms with E-state index in [-0.39, 0.29) is 4.90 Å². The third kappa shape index (κ3) is 3.96. The van der Waals surface area contributed by atoms with Gasteiger partial charge < -0.3 is 10.1 Å². The molecule has 7 heteroatoms. The molecule has 2 N–H and O–H groups in total. The Morgan fingerprint density at radius 2 is 2.10 bits per heavy atom. The van der Waals surface area contributed by atoms with Crippen molar-refractivity contribution >= 4 is 27.0 Å². The molecule has 0 saturated heterocycles. The van der Waals surface area contributed by atoms with Crippen LogP contribution in [0.25, 0.3) is 0 Å². The molecule has 1 aromatic carbocycles. The Balaban J connectivity index is 2.35. The Kier molecular flexibility index (Phi) is 5.22. The molecular formula is C14H18N2O3S2. The molecule has 2 aromatic rings. The first-order valence-corrected chi connectivity index (χ1v) is 8.92. The van der Waals surface area contributed by atoms with Gasteiger partial charge in [-0.15, -0.1) is 0 Å². The number of hydrogen-bond donors (Lipinski definition) is 2. The Morgan fingerprint density at radius 1 is 1.29 bits per heavy atom. The quantitative estimate of drug-likeness (QED) is 0.821. The molecule has 0 saturated carbocycles. The van der Waals surface area contributed by atoms with Crippen LogP contribution in [-0.4, -0.2) is 22.1 Å². The lowest BCUT2D eigenvalue weighted by atomic mass is 10.2. The van der Waals surface area contributed by atoms with Crippen molar-refractivity contribution in [1.82, 2.24) is 5.32 Å². The highest BCUT2D eigenvalue weighted by atomic mass is 32.2. The summed E-state index contributed by atoms with van der Waals surface area (Å²) in [5.74, 6) is 0.331. The zero-order valence-electron chi connectivity index (χ0n) is 11.9. The van der Waals surface area contributed by atoms with Crippen LogP contribution in [0.2, 0.25) is 0 Å². The van der Waals surface area contributed by atoms with Crippen molar-refractivity contribution in [2.75, 3.05) is 18.4 Å². The largest absolute Gasteiger partial charge is 0.495 e. The smallest absolute Gasteiger partial charge is 0.265 e. The standard InChI is InChI=1S/C14H18N2O3S2/c1-3-15-9-11-4-5-13(19-2)14(8-11)21(17,18)16-12-6-7-20-10-12/h4-8,10,15-16H,3,9H2,1-2H3. The number of methoxy groups -OCH3 is 1. The molecule has 1 aromatic heterocycles. The minimum Gasteiger partial charge on any atom is -0.495 e. The summed E-state index contributed by atoms with van der Waals surface area (Å²) in [4.78, 5) is 0.145. The van der Waals surface area contributed by atoms with Crippen molar-refractivity contribution < 1.29 is 13.2 Å². The number of hydrogen-bond acceptors (Lipinski definition) is 5. The van der Waals surface area contributed by atoms with Gasteiger partial charge in [-0.05, 0) is 35.7 Å². The number of sulfonamides is 1. The van der Waals surface area contributed by atoms with Gasteiger partial charge in [0.05, 0.1) is 12.8 Å². The number of ether oxygens (including phenoxy) is 1. The minimum atomic E-state index is -3.67. The number of anilines is 1. The average molecular weight is 326 g/mol. The Morgan fingerprint density at radius 3 is 2.71 bits per heavy atom. The van der Waals surface area contributed by atoms with Crippen molar-refractivity contribution in [3.8, 4) is 5.75 Å². The van der Waals surface area contributed by atoms with Gasteiger partial charge in [-0.2, -0.15) is 11.3 Å². The SMILES string of the molecule is CCNCc1ccc(OC)c(S(=O)(=O)Nc2ccsc2)c1. The lowest BCUT2D eigenvalue weighted by molar-refractivity contribution is 0.402. The normalized spacial score (nSPS) is 11.3. The number of benzene rings is 1. The molecule has 2 rings (SSSR count). The van der Waals surface area contributed by atoms with Gasteiger partial charge >= 0.3 is 0 Å². The van der Waals surface area contributed by atoms with Gasteiger partial charge in [0.25, 0.3) is 10.0 Å². The molecule has 0 aliphatic heterocycles. The summed E-state index contributed by atoms with van der Waals surface area (Å²) in [6, 6.07) is 6.88.